The highest BCUT2D eigenvalue weighted by atomic mass is 16.5. The molecule has 19 heavy (non-hydrogen) atoms. The minimum atomic E-state index is -1.03. The molecule has 1 aromatic carbocycles. The number of carbonyl (C=O) groups is 1. The van der Waals surface area contributed by atoms with Gasteiger partial charge in [-0.2, -0.15) is 0 Å². The number of nitrogens with two attached hydrogens (primary N) is 1. The molecule has 0 fully saturated rings. The van der Waals surface area contributed by atoms with Crippen LogP contribution in [0.5, 0.6) is 11.5 Å². The van der Waals surface area contributed by atoms with E-state index in [1.807, 2.05) is 6.07 Å². The predicted molar refractivity (Wildman–Crippen MR) is 72.7 cm³/mol. The number of hydrogen-bond donors (Lipinski definition) is 2. The maximum absolute atomic E-state index is 10.8. The van der Waals surface area contributed by atoms with Gasteiger partial charge in [-0.25, -0.2) is 0 Å². The van der Waals surface area contributed by atoms with Crippen LogP contribution in [0.15, 0.2) is 18.2 Å². The van der Waals surface area contributed by atoms with Gasteiger partial charge in [0.05, 0.1) is 13.7 Å². The molecule has 0 aromatic heterocycles. The Kier molecular flexibility index (Phi) is 6.15. The molecule has 5 heteroatoms. The van der Waals surface area contributed by atoms with Gasteiger partial charge in [0.2, 0.25) is 0 Å². The second-order valence-corrected chi connectivity index (χ2v) is 4.30. The van der Waals surface area contributed by atoms with Gasteiger partial charge in [-0.15, -0.1) is 0 Å². The zero-order valence-corrected chi connectivity index (χ0v) is 11.4. The van der Waals surface area contributed by atoms with Gasteiger partial charge in [-0.1, -0.05) is 25.5 Å². The van der Waals surface area contributed by atoms with Crippen molar-refractivity contribution in [3.05, 3.63) is 23.8 Å². The number of carboxylic acid groups (broad SMARTS) is 1. The van der Waals surface area contributed by atoms with Crippen LogP contribution in [0.2, 0.25) is 0 Å². The average Bonchev–Trinajstić information content (AvgIpc) is 2.40. The van der Waals surface area contributed by atoms with E-state index in [1.54, 1.807) is 19.2 Å². The standard InChI is InChI=1S/C14H21NO4/c1-3-4-8-19-13-10(9-11(15)14(16)17)6-5-7-12(13)18-2/h5-7,11H,3-4,8-9,15H2,1-2H3,(H,16,17). The minimum absolute atomic E-state index is 0.216. The van der Waals surface area contributed by atoms with Gasteiger partial charge in [0, 0.05) is 12.0 Å². The molecular formula is C14H21NO4. The van der Waals surface area contributed by atoms with E-state index in [-0.39, 0.29) is 6.42 Å². The minimum Gasteiger partial charge on any atom is -0.493 e. The third-order valence-corrected chi connectivity index (χ3v) is 2.78. The topological polar surface area (TPSA) is 81.8 Å². The van der Waals surface area contributed by atoms with Crippen molar-refractivity contribution in [1.82, 2.24) is 0 Å². The van der Waals surface area contributed by atoms with Crippen LogP contribution in [0, 0.1) is 0 Å². The lowest BCUT2D eigenvalue weighted by Gasteiger charge is -2.16. The van der Waals surface area contributed by atoms with Crippen molar-refractivity contribution in [1.29, 1.82) is 0 Å². The van der Waals surface area contributed by atoms with E-state index >= 15 is 0 Å². The molecule has 0 aliphatic heterocycles. The van der Waals surface area contributed by atoms with Crippen LogP contribution in [0.3, 0.4) is 0 Å². The summed E-state index contributed by atoms with van der Waals surface area (Å²) in [7, 11) is 1.56. The van der Waals surface area contributed by atoms with Crippen LogP contribution in [-0.2, 0) is 11.2 Å². The molecular weight excluding hydrogens is 246 g/mol. The first-order valence-corrected chi connectivity index (χ1v) is 6.37. The summed E-state index contributed by atoms with van der Waals surface area (Å²) < 4.78 is 11.0. The largest absolute Gasteiger partial charge is 0.493 e. The normalized spacial score (nSPS) is 11.9. The van der Waals surface area contributed by atoms with Crippen molar-refractivity contribution in [2.75, 3.05) is 13.7 Å². The van der Waals surface area contributed by atoms with Crippen LogP contribution >= 0.6 is 0 Å². The van der Waals surface area contributed by atoms with Crippen molar-refractivity contribution in [2.24, 2.45) is 5.73 Å². The van der Waals surface area contributed by atoms with E-state index in [4.69, 9.17) is 20.3 Å². The van der Waals surface area contributed by atoms with Crippen LogP contribution in [0.1, 0.15) is 25.3 Å². The number of methoxy groups -OCH3 is 1. The van der Waals surface area contributed by atoms with Gasteiger partial charge in [-0.3, -0.25) is 4.79 Å². The maximum Gasteiger partial charge on any atom is 0.320 e. The second-order valence-electron chi connectivity index (χ2n) is 4.30. The van der Waals surface area contributed by atoms with Crippen molar-refractivity contribution < 1.29 is 19.4 Å². The summed E-state index contributed by atoms with van der Waals surface area (Å²) in [5.74, 6) is 0.170. The van der Waals surface area contributed by atoms with Crippen LogP contribution < -0.4 is 15.2 Å². The highest BCUT2D eigenvalue weighted by Crippen LogP contribution is 2.32. The highest BCUT2D eigenvalue weighted by molar-refractivity contribution is 5.73. The fourth-order valence-electron chi connectivity index (χ4n) is 1.69. The first kappa shape index (κ1) is 15.3. The van der Waals surface area contributed by atoms with Gasteiger partial charge in [0.1, 0.15) is 6.04 Å². The average molecular weight is 267 g/mol. The summed E-state index contributed by atoms with van der Waals surface area (Å²) in [4.78, 5) is 10.8. The van der Waals surface area contributed by atoms with E-state index in [9.17, 15) is 4.79 Å². The Morgan fingerprint density at radius 1 is 1.47 bits per heavy atom. The van der Waals surface area contributed by atoms with Crippen molar-refractivity contribution in [2.45, 2.75) is 32.2 Å². The Hall–Kier alpha value is -1.75. The quantitative estimate of drug-likeness (QED) is 0.702. The summed E-state index contributed by atoms with van der Waals surface area (Å²) in [6.07, 6.45) is 2.18. The Morgan fingerprint density at radius 3 is 2.79 bits per heavy atom. The SMILES string of the molecule is CCCCOc1c(CC(N)C(=O)O)cccc1OC. The molecule has 0 amide bonds. The molecule has 1 atom stereocenters. The fraction of sp³-hybridized carbons (Fsp3) is 0.500. The van der Waals surface area contributed by atoms with E-state index in [0.29, 0.717) is 18.1 Å². The molecule has 0 saturated heterocycles. The van der Waals surface area contributed by atoms with E-state index in [0.717, 1.165) is 18.4 Å². The van der Waals surface area contributed by atoms with Gasteiger partial charge in [-0.05, 0) is 12.5 Å². The molecule has 0 radical (unpaired) electrons. The Bertz CT molecular complexity index is 420. The zero-order chi connectivity index (χ0) is 14.3. The number of ether oxygens (including phenoxy) is 2. The monoisotopic (exact) mass is 267 g/mol. The molecule has 0 saturated carbocycles. The number of para-hydroxylation sites is 1. The van der Waals surface area contributed by atoms with Crippen molar-refractivity contribution >= 4 is 5.97 Å². The van der Waals surface area contributed by atoms with E-state index in [1.165, 1.54) is 0 Å². The van der Waals surface area contributed by atoms with Gasteiger partial charge >= 0.3 is 5.97 Å². The number of aliphatic carboxylic acids is 1. The third-order valence-electron chi connectivity index (χ3n) is 2.78. The van der Waals surface area contributed by atoms with Crippen molar-refractivity contribution in [3.63, 3.8) is 0 Å². The van der Waals surface area contributed by atoms with E-state index < -0.39 is 12.0 Å². The second kappa shape index (κ2) is 7.63. The molecule has 1 rings (SSSR count). The number of carboxylic acids is 1. The molecule has 0 spiro atoms. The Morgan fingerprint density at radius 2 is 2.21 bits per heavy atom. The molecule has 106 valence electrons. The number of hydrogen-bond acceptors (Lipinski definition) is 4. The van der Waals surface area contributed by atoms with Gasteiger partial charge in [0.15, 0.2) is 11.5 Å². The highest BCUT2D eigenvalue weighted by Gasteiger charge is 2.17. The number of benzene rings is 1. The summed E-state index contributed by atoms with van der Waals surface area (Å²) in [5.41, 5.74) is 6.32. The van der Waals surface area contributed by atoms with Crippen LogP contribution in [0.25, 0.3) is 0 Å². The zero-order valence-electron chi connectivity index (χ0n) is 11.4. The predicted octanol–water partition coefficient (Wildman–Crippen LogP) is 1.83. The molecule has 1 unspecified atom stereocenters. The first-order chi connectivity index (χ1) is 9.10. The summed E-state index contributed by atoms with van der Waals surface area (Å²) in [6.45, 7) is 2.65. The number of rotatable bonds is 8. The lowest BCUT2D eigenvalue weighted by molar-refractivity contribution is -0.138. The smallest absolute Gasteiger partial charge is 0.320 e. The van der Waals surface area contributed by atoms with Crippen molar-refractivity contribution in [3.8, 4) is 11.5 Å². The molecule has 0 aliphatic carbocycles. The fourth-order valence-corrected chi connectivity index (χ4v) is 1.69. The maximum atomic E-state index is 10.8. The third kappa shape index (κ3) is 4.44. The lowest BCUT2D eigenvalue weighted by atomic mass is 10.0. The van der Waals surface area contributed by atoms with E-state index in [2.05, 4.69) is 6.92 Å². The van der Waals surface area contributed by atoms with Crippen LogP contribution in [0.4, 0.5) is 0 Å². The summed E-state index contributed by atoms with van der Waals surface area (Å²) >= 11 is 0. The molecule has 5 nitrogen and oxygen atoms in total. The lowest BCUT2D eigenvalue weighted by Crippen LogP contribution is -2.32. The molecule has 0 aliphatic rings. The summed E-state index contributed by atoms with van der Waals surface area (Å²) in [5, 5.41) is 8.88. The Labute approximate surface area is 113 Å². The molecule has 0 heterocycles. The summed E-state index contributed by atoms with van der Waals surface area (Å²) in [6, 6.07) is 4.46. The molecule has 1 aromatic rings. The van der Waals surface area contributed by atoms with Gasteiger partial charge < -0.3 is 20.3 Å². The Balaban J connectivity index is 2.91. The first-order valence-electron chi connectivity index (χ1n) is 6.37. The molecule has 3 N–H and O–H groups in total. The van der Waals surface area contributed by atoms with Crippen LogP contribution in [-0.4, -0.2) is 30.8 Å². The van der Waals surface area contributed by atoms with Gasteiger partial charge in [0.25, 0.3) is 0 Å². The molecule has 0 bridgehead atoms. The number of unbranched alkanes of at least 4 members (excludes halogenated alkanes) is 1.